The Morgan fingerprint density at radius 3 is 2.42 bits per heavy atom. The van der Waals surface area contributed by atoms with E-state index in [-0.39, 0.29) is 30.6 Å². The maximum Gasteiger partial charge on any atom is 0.255 e. The molecule has 2 aromatic rings. The molecule has 33 heavy (non-hydrogen) atoms. The van der Waals surface area contributed by atoms with Gasteiger partial charge < -0.3 is 21.1 Å². The van der Waals surface area contributed by atoms with Crippen LogP contribution in [0.15, 0.2) is 59.6 Å². The number of carbonyl (C=O) groups excluding carboxylic acids is 1. The van der Waals surface area contributed by atoms with Crippen LogP contribution in [0.25, 0.3) is 0 Å². The van der Waals surface area contributed by atoms with Crippen LogP contribution < -0.4 is 21.1 Å². The van der Waals surface area contributed by atoms with Gasteiger partial charge in [-0.1, -0.05) is 42.5 Å². The Morgan fingerprint density at radius 2 is 1.79 bits per heavy atom. The number of guanidine groups is 1. The van der Waals surface area contributed by atoms with Crippen LogP contribution in [-0.4, -0.2) is 55.6 Å². The van der Waals surface area contributed by atoms with Crippen molar-refractivity contribution in [1.29, 1.82) is 0 Å². The lowest BCUT2D eigenvalue weighted by Gasteiger charge is -2.33. The zero-order chi connectivity index (χ0) is 22.6. The average molecular weight is 566 g/mol. The van der Waals surface area contributed by atoms with Gasteiger partial charge in [-0.25, -0.2) is 0 Å². The summed E-state index contributed by atoms with van der Waals surface area (Å²) < 4.78 is 5.30. The predicted molar refractivity (Wildman–Crippen MR) is 144 cm³/mol. The van der Waals surface area contributed by atoms with E-state index in [1.165, 1.54) is 11.1 Å². The Labute approximate surface area is 214 Å². The lowest BCUT2D eigenvalue weighted by Crippen LogP contribution is -2.48. The van der Waals surface area contributed by atoms with E-state index in [1.54, 1.807) is 0 Å². The number of rotatable bonds is 10. The molecule has 0 spiro atoms. The van der Waals surface area contributed by atoms with Crippen molar-refractivity contribution in [3.05, 3.63) is 65.7 Å². The van der Waals surface area contributed by atoms with Crippen LogP contribution in [0.4, 0.5) is 0 Å². The molecule has 1 aliphatic rings. The molecule has 7 nitrogen and oxygen atoms in total. The Hall–Kier alpha value is -2.33. The van der Waals surface area contributed by atoms with Gasteiger partial charge in [0.1, 0.15) is 5.75 Å². The third-order valence-corrected chi connectivity index (χ3v) is 5.50. The van der Waals surface area contributed by atoms with Crippen LogP contribution >= 0.6 is 24.0 Å². The van der Waals surface area contributed by atoms with Gasteiger partial charge >= 0.3 is 0 Å². The first kappa shape index (κ1) is 26.9. The van der Waals surface area contributed by atoms with Crippen LogP contribution in [0, 0.1) is 0 Å². The summed E-state index contributed by atoms with van der Waals surface area (Å²) in [4.78, 5) is 18.1. The topological polar surface area (TPSA) is 92.0 Å². The summed E-state index contributed by atoms with van der Waals surface area (Å²) in [5.41, 5.74) is 7.65. The van der Waals surface area contributed by atoms with E-state index >= 15 is 0 Å². The first-order chi connectivity index (χ1) is 15.6. The van der Waals surface area contributed by atoms with Crippen LogP contribution in [0.1, 0.15) is 30.9 Å². The number of ether oxygens (including phenoxy) is 1. The van der Waals surface area contributed by atoms with Crippen molar-refractivity contribution in [3.63, 3.8) is 0 Å². The highest BCUT2D eigenvalue weighted by Crippen LogP contribution is 2.14. The minimum absolute atomic E-state index is 0. The molecule has 1 saturated heterocycles. The summed E-state index contributed by atoms with van der Waals surface area (Å²) in [5, 5.41) is 6.98. The summed E-state index contributed by atoms with van der Waals surface area (Å²) in [6.45, 7) is 6.73. The third kappa shape index (κ3) is 10.00. The van der Waals surface area contributed by atoms with Crippen molar-refractivity contribution in [3.8, 4) is 5.75 Å². The van der Waals surface area contributed by atoms with E-state index in [2.05, 4.69) is 52.8 Å². The maximum atomic E-state index is 10.8. The second kappa shape index (κ2) is 14.7. The first-order valence-corrected chi connectivity index (χ1v) is 11.4. The van der Waals surface area contributed by atoms with Crippen molar-refractivity contribution in [2.45, 2.75) is 38.8 Å². The predicted octanol–water partition coefficient (Wildman–Crippen LogP) is 2.93. The minimum Gasteiger partial charge on any atom is -0.484 e. The molecular weight excluding hydrogens is 529 g/mol. The SMILES string of the molecule is CCNC(=NCCc1ccc(OCC(N)=O)cc1)NC1CCN(Cc2ccccc2)CC1.I. The number of amides is 1. The van der Waals surface area contributed by atoms with E-state index in [0.29, 0.717) is 18.3 Å². The third-order valence-electron chi connectivity index (χ3n) is 5.50. The van der Waals surface area contributed by atoms with Gasteiger partial charge in [-0.2, -0.15) is 0 Å². The number of nitrogens with zero attached hydrogens (tertiary/aromatic N) is 2. The zero-order valence-corrected chi connectivity index (χ0v) is 21.7. The fourth-order valence-corrected chi connectivity index (χ4v) is 3.79. The van der Waals surface area contributed by atoms with Crippen molar-refractivity contribution in [2.24, 2.45) is 10.7 Å². The smallest absolute Gasteiger partial charge is 0.255 e. The van der Waals surface area contributed by atoms with Crippen molar-refractivity contribution >= 4 is 35.8 Å². The molecular formula is C25H36IN5O2. The van der Waals surface area contributed by atoms with Crippen LogP contribution in [-0.2, 0) is 17.8 Å². The molecule has 0 bridgehead atoms. The van der Waals surface area contributed by atoms with Gasteiger partial charge in [-0.05, 0) is 49.4 Å². The van der Waals surface area contributed by atoms with Gasteiger partial charge in [0.25, 0.3) is 5.91 Å². The van der Waals surface area contributed by atoms with Crippen LogP contribution in [0.2, 0.25) is 0 Å². The number of aliphatic imine (C=N–C) groups is 1. The lowest BCUT2D eigenvalue weighted by atomic mass is 10.0. The van der Waals surface area contributed by atoms with Crippen molar-refractivity contribution in [2.75, 3.05) is 32.8 Å². The second-order valence-electron chi connectivity index (χ2n) is 8.09. The fraction of sp³-hybridized carbons (Fsp3) is 0.440. The molecule has 1 aliphatic heterocycles. The summed E-state index contributed by atoms with van der Waals surface area (Å²) in [6, 6.07) is 18.8. The molecule has 3 rings (SSSR count). The monoisotopic (exact) mass is 565 g/mol. The zero-order valence-electron chi connectivity index (χ0n) is 19.3. The number of piperidine rings is 1. The number of carbonyl (C=O) groups is 1. The summed E-state index contributed by atoms with van der Waals surface area (Å²) >= 11 is 0. The Morgan fingerprint density at radius 1 is 1.09 bits per heavy atom. The Bertz CT molecular complexity index is 853. The normalized spacial score (nSPS) is 14.9. The number of hydrogen-bond acceptors (Lipinski definition) is 4. The maximum absolute atomic E-state index is 10.8. The molecule has 0 unspecified atom stereocenters. The van der Waals surface area contributed by atoms with Crippen LogP contribution in [0.5, 0.6) is 5.75 Å². The number of hydrogen-bond donors (Lipinski definition) is 3. The fourth-order valence-electron chi connectivity index (χ4n) is 3.79. The van der Waals surface area contributed by atoms with Crippen molar-refractivity contribution in [1.82, 2.24) is 15.5 Å². The molecule has 0 aliphatic carbocycles. The molecule has 0 saturated carbocycles. The number of benzene rings is 2. The molecule has 1 fully saturated rings. The molecule has 8 heteroatoms. The number of nitrogens with two attached hydrogens (primary N) is 1. The molecule has 1 heterocycles. The van der Waals surface area contributed by atoms with E-state index in [1.807, 2.05) is 24.3 Å². The molecule has 2 aromatic carbocycles. The van der Waals surface area contributed by atoms with Gasteiger partial charge in [0, 0.05) is 38.8 Å². The number of likely N-dealkylation sites (tertiary alicyclic amines) is 1. The highest BCUT2D eigenvalue weighted by Gasteiger charge is 2.20. The van der Waals surface area contributed by atoms with E-state index in [9.17, 15) is 4.79 Å². The summed E-state index contributed by atoms with van der Waals surface area (Å²) in [7, 11) is 0. The number of primary amides is 1. The molecule has 180 valence electrons. The van der Waals surface area contributed by atoms with Gasteiger partial charge in [0.05, 0.1) is 0 Å². The molecule has 4 N–H and O–H groups in total. The standard InChI is InChI=1S/C25H35N5O2.HI/c1-2-27-25(28-15-12-20-8-10-23(11-9-20)32-19-24(26)31)29-22-13-16-30(17-14-22)18-21-6-4-3-5-7-21;/h3-11,22H,2,12-19H2,1H3,(H2,26,31)(H2,27,28,29);1H. The van der Waals surface area contributed by atoms with Gasteiger partial charge in [-0.3, -0.25) is 14.7 Å². The van der Waals surface area contributed by atoms with Crippen molar-refractivity contribution < 1.29 is 9.53 Å². The molecule has 0 atom stereocenters. The quantitative estimate of drug-likeness (QED) is 0.234. The highest BCUT2D eigenvalue weighted by atomic mass is 127. The highest BCUT2D eigenvalue weighted by molar-refractivity contribution is 14.0. The molecule has 0 radical (unpaired) electrons. The Balaban J connectivity index is 0.00000385. The second-order valence-corrected chi connectivity index (χ2v) is 8.09. The largest absolute Gasteiger partial charge is 0.484 e. The number of nitrogens with one attached hydrogen (secondary N) is 2. The molecule has 0 aromatic heterocycles. The van der Waals surface area contributed by atoms with E-state index < -0.39 is 5.91 Å². The van der Waals surface area contributed by atoms with E-state index in [4.69, 9.17) is 15.5 Å². The number of halogens is 1. The lowest BCUT2D eigenvalue weighted by molar-refractivity contribution is -0.119. The summed E-state index contributed by atoms with van der Waals surface area (Å²) in [6.07, 6.45) is 3.07. The Kier molecular flexibility index (Phi) is 12.0. The average Bonchev–Trinajstić information content (AvgIpc) is 2.80. The van der Waals surface area contributed by atoms with Gasteiger partial charge in [0.2, 0.25) is 0 Å². The molecule has 1 amide bonds. The summed E-state index contributed by atoms with van der Waals surface area (Å²) in [5.74, 6) is 1.05. The minimum atomic E-state index is -0.478. The van der Waals surface area contributed by atoms with Gasteiger partial charge in [0.15, 0.2) is 12.6 Å². The first-order valence-electron chi connectivity index (χ1n) is 11.4. The van der Waals surface area contributed by atoms with Crippen LogP contribution in [0.3, 0.4) is 0 Å². The van der Waals surface area contributed by atoms with Gasteiger partial charge in [-0.15, -0.1) is 24.0 Å². The van der Waals surface area contributed by atoms with E-state index in [0.717, 1.165) is 51.4 Å².